The molecule has 1 fully saturated rings. The predicted molar refractivity (Wildman–Crippen MR) is 126 cm³/mol. The van der Waals surface area contributed by atoms with E-state index in [4.69, 9.17) is 21.0 Å². The van der Waals surface area contributed by atoms with E-state index >= 15 is 0 Å². The van der Waals surface area contributed by atoms with E-state index in [9.17, 15) is 9.59 Å². The Hall–Kier alpha value is -3.17. The van der Waals surface area contributed by atoms with Crippen LogP contribution in [0.1, 0.15) is 35.8 Å². The van der Waals surface area contributed by atoms with Crippen LogP contribution in [0.3, 0.4) is 0 Å². The molecule has 0 N–H and O–H groups in total. The van der Waals surface area contributed by atoms with Crippen LogP contribution in [0.4, 0.5) is 5.69 Å². The summed E-state index contributed by atoms with van der Waals surface area (Å²) in [6.07, 6.45) is 0.304. The second kappa shape index (κ2) is 8.99. The topological polar surface area (TPSA) is 94.1 Å². The monoisotopic (exact) mass is 481 g/mol. The Balaban J connectivity index is 1.46. The first-order chi connectivity index (χ1) is 16.0. The fourth-order valence-corrected chi connectivity index (χ4v) is 4.65. The minimum atomic E-state index is -0.297. The van der Waals surface area contributed by atoms with Gasteiger partial charge in [0.15, 0.2) is 0 Å². The van der Waals surface area contributed by atoms with Gasteiger partial charge in [-0.15, -0.1) is 10.2 Å². The van der Waals surface area contributed by atoms with Crippen LogP contribution in [0.2, 0.25) is 5.02 Å². The molecule has 1 aliphatic rings. The Kier molecular flexibility index (Phi) is 5.90. The van der Waals surface area contributed by atoms with Gasteiger partial charge in [0.05, 0.1) is 17.6 Å². The van der Waals surface area contributed by atoms with E-state index in [-0.39, 0.29) is 30.0 Å². The van der Waals surface area contributed by atoms with E-state index < -0.39 is 0 Å². The van der Waals surface area contributed by atoms with E-state index in [0.29, 0.717) is 29.0 Å². The van der Waals surface area contributed by atoms with Crippen LogP contribution < -0.4 is 4.90 Å². The quantitative estimate of drug-likeness (QED) is 0.281. The number of imidazole rings is 1. The average Bonchev–Trinajstić information content (AvgIpc) is 3.52. The van der Waals surface area contributed by atoms with Gasteiger partial charge >= 0.3 is 0 Å². The standard InChI is InChI=1S/C23H20ClN5O3S/c1-2-33-23-27-26-22(32-23)19(30)13-29-18-6-4-3-5-17(18)25-21(29)14-11-20(31)28(12-14)16-9-7-15(24)8-10-16/h3-10,14H,2,11-13H2,1H3. The van der Waals surface area contributed by atoms with E-state index in [1.54, 1.807) is 17.0 Å². The molecule has 2 aromatic carbocycles. The molecule has 33 heavy (non-hydrogen) atoms. The van der Waals surface area contributed by atoms with Crippen LogP contribution in [0, 0.1) is 0 Å². The second-order valence-corrected chi connectivity index (χ2v) is 9.31. The normalized spacial score (nSPS) is 16.1. The lowest BCUT2D eigenvalue weighted by Crippen LogP contribution is -2.24. The number of amides is 1. The number of carbonyl (C=O) groups is 2. The highest BCUT2D eigenvalue weighted by molar-refractivity contribution is 7.99. The Morgan fingerprint density at radius 3 is 2.76 bits per heavy atom. The summed E-state index contributed by atoms with van der Waals surface area (Å²) in [5.41, 5.74) is 2.38. The number of anilines is 1. The van der Waals surface area contributed by atoms with Gasteiger partial charge in [0.25, 0.3) is 11.1 Å². The number of Topliss-reactive ketones (excluding diaryl/α,β-unsaturated/α-hetero) is 1. The molecule has 1 atom stereocenters. The van der Waals surface area contributed by atoms with Crippen LogP contribution in [-0.4, -0.2) is 43.7 Å². The molecule has 3 heterocycles. The summed E-state index contributed by atoms with van der Waals surface area (Å²) in [6.45, 7) is 2.44. The molecule has 1 saturated heterocycles. The highest BCUT2D eigenvalue weighted by Gasteiger charge is 2.35. The SMILES string of the molecule is CCSc1nnc(C(=O)Cn2c(C3CC(=O)N(c4ccc(Cl)cc4)C3)nc3ccccc32)o1. The molecule has 0 saturated carbocycles. The molecule has 0 radical (unpaired) electrons. The number of hydrogen-bond acceptors (Lipinski definition) is 7. The molecular weight excluding hydrogens is 462 g/mol. The summed E-state index contributed by atoms with van der Waals surface area (Å²) in [5.74, 6) is 0.977. The Morgan fingerprint density at radius 2 is 1.97 bits per heavy atom. The smallest absolute Gasteiger partial charge is 0.286 e. The first-order valence-corrected chi connectivity index (χ1v) is 11.9. The molecule has 1 amide bonds. The molecule has 1 aliphatic heterocycles. The maximum absolute atomic E-state index is 13.0. The van der Waals surface area contributed by atoms with Crippen LogP contribution in [0.25, 0.3) is 11.0 Å². The maximum atomic E-state index is 13.0. The lowest BCUT2D eigenvalue weighted by molar-refractivity contribution is -0.117. The number of aromatic nitrogens is 4. The minimum Gasteiger partial charge on any atom is -0.408 e. The number of benzene rings is 2. The van der Waals surface area contributed by atoms with Crippen molar-refractivity contribution >= 4 is 51.8 Å². The van der Waals surface area contributed by atoms with Gasteiger partial charge in [0.1, 0.15) is 5.82 Å². The van der Waals surface area contributed by atoms with E-state index in [0.717, 1.165) is 22.5 Å². The third kappa shape index (κ3) is 4.26. The van der Waals surface area contributed by atoms with Gasteiger partial charge in [0, 0.05) is 29.6 Å². The largest absolute Gasteiger partial charge is 0.408 e. The summed E-state index contributed by atoms with van der Waals surface area (Å²) in [4.78, 5) is 32.3. The molecule has 168 valence electrons. The first kappa shape index (κ1) is 21.7. The molecular formula is C23H20ClN5O3S. The number of nitrogens with zero attached hydrogens (tertiary/aromatic N) is 5. The number of hydrogen-bond donors (Lipinski definition) is 0. The summed E-state index contributed by atoms with van der Waals surface area (Å²) < 4.78 is 7.36. The third-order valence-corrected chi connectivity index (χ3v) is 6.48. The van der Waals surface area contributed by atoms with Gasteiger partial charge in [0.2, 0.25) is 11.7 Å². The lowest BCUT2D eigenvalue weighted by atomic mass is 10.1. The van der Waals surface area contributed by atoms with Gasteiger partial charge in [-0.3, -0.25) is 9.59 Å². The Labute approximate surface area is 198 Å². The molecule has 4 aromatic rings. The third-order valence-electron chi connectivity index (χ3n) is 5.53. The number of rotatable bonds is 7. The number of halogens is 1. The zero-order chi connectivity index (χ0) is 22.9. The van der Waals surface area contributed by atoms with Crippen LogP contribution in [0.15, 0.2) is 58.2 Å². The van der Waals surface area contributed by atoms with E-state index in [1.165, 1.54) is 11.8 Å². The van der Waals surface area contributed by atoms with Gasteiger partial charge < -0.3 is 13.9 Å². The average molecular weight is 482 g/mol. The number of ketones is 1. The Bertz CT molecular complexity index is 1330. The molecule has 0 spiro atoms. The van der Waals surface area contributed by atoms with E-state index in [2.05, 4.69) is 10.2 Å². The molecule has 10 heteroatoms. The van der Waals surface area contributed by atoms with Crippen molar-refractivity contribution in [2.24, 2.45) is 0 Å². The molecule has 0 bridgehead atoms. The molecule has 1 unspecified atom stereocenters. The molecule has 0 aliphatic carbocycles. The van der Waals surface area contributed by atoms with Gasteiger partial charge in [-0.05, 0) is 42.2 Å². The van der Waals surface area contributed by atoms with Crippen molar-refractivity contribution in [2.75, 3.05) is 17.2 Å². The maximum Gasteiger partial charge on any atom is 0.286 e. The highest BCUT2D eigenvalue weighted by Crippen LogP contribution is 2.33. The number of para-hydroxylation sites is 2. The van der Waals surface area contributed by atoms with Crippen molar-refractivity contribution in [3.63, 3.8) is 0 Å². The molecule has 8 nitrogen and oxygen atoms in total. The fourth-order valence-electron chi connectivity index (χ4n) is 4.04. The van der Waals surface area contributed by atoms with Crippen molar-refractivity contribution < 1.29 is 14.0 Å². The zero-order valence-corrected chi connectivity index (χ0v) is 19.3. The highest BCUT2D eigenvalue weighted by atomic mass is 35.5. The number of carbonyl (C=O) groups excluding carboxylic acids is 2. The van der Waals surface area contributed by atoms with Crippen LogP contribution in [0.5, 0.6) is 0 Å². The van der Waals surface area contributed by atoms with Crippen molar-refractivity contribution in [1.29, 1.82) is 0 Å². The summed E-state index contributed by atoms with van der Waals surface area (Å²) in [6, 6.07) is 14.8. The summed E-state index contributed by atoms with van der Waals surface area (Å²) in [5, 5.41) is 8.80. The predicted octanol–water partition coefficient (Wildman–Crippen LogP) is 4.59. The van der Waals surface area contributed by atoms with Crippen molar-refractivity contribution in [1.82, 2.24) is 19.7 Å². The Morgan fingerprint density at radius 1 is 1.18 bits per heavy atom. The van der Waals surface area contributed by atoms with Gasteiger partial charge in [-0.1, -0.05) is 42.4 Å². The van der Waals surface area contributed by atoms with Crippen molar-refractivity contribution in [3.05, 3.63) is 65.3 Å². The van der Waals surface area contributed by atoms with Crippen molar-refractivity contribution in [2.45, 2.75) is 31.0 Å². The van der Waals surface area contributed by atoms with Crippen LogP contribution in [-0.2, 0) is 11.3 Å². The van der Waals surface area contributed by atoms with Gasteiger partial charge in [-0.2, -0.15) is 0 Å². The molecule has 2 aromatic heterocycles. The number of fused-ring (bicyclic) bond motifs is 1. The zero-order valence-electron chi connectivity index (χ0n) is 17.8. The van der Waals surface area contributed by atoms with E-state index in [1.807, 2.05) is 47.9 Å². The van der Waals surface area contributed by atoms with Gasteiger partial charge in [-0.25, -0.2) is 4.98 Å². The summed E-state index contributed by atoms with van der Waals surface area (Å²) >= 11 is 7.38. The summed E-state index contributed by atoms with van der Waals surface area (Å²) in [7, 11) is 0. The van der Waals surface area contributed by atoms with Crippen molar-refractivity contribution in [3.8, 4) is 0 Å². The van der Waals surface area contributed by atoms with Crippen LogP contribution >= 0.6 is 23.4 Å². The first-order valence-electron chi connectivity index (χ1n) is 10.5. The lowest BCUT2D eigenvalue weighted by Gasteiger charge is -2.17. The second-order valence-electron chi connectivity index (χ2n) is 7.66. The minimum absolute atomic E-state index is 0.0000922. The fraction of sp³-hybridized carbons (Fsp3) is 0.261. The molecule has 5 rings (SSSR count). The number of thioether (sulfide) groups is 1.